The summed E-state index contributed by atoms with van der Waals surface area (Å²) < 4.78 is 0. The van der Waals surface area contributed by atoms with E-state index < -0.39 is 0 Å². The third-order valence-corrected chi connectivity index (χ3v) is 3.82. The molecule has 0 saturated carbocycles. The van der Waals surface area contributed by atoms with Crippen LogP contribution in [0.5, 0.6) is 0 Å². The van der Waals surface area contributed by atoms with E-state index in [9.17, 15) is 0 Å². The van der Waals surface area contributed by atoms with Gasteiger partial charge in [0.25, 0.3) is 0 Å². The molecule has 1 atom stereocenters. The number of hydrogen-bond acceptors (Lipinski definition) is 2. The highest BCUT2D eigenvalue weighted by molar-refractivity contribution is 6.17. The monoisotopic (exact) mass is 252 g/mol. The highest BCUT2D eigenvalue weighted by Crippen LogP contribution is 2.25. The van der Waals surface area contributed by atoms with Crippen LogP contribution in [0.25, 0.3) is 0 Å². The molecule has 0 spiro atoms. The molecule has 2 heterocycles. The number of rotatable bonds is 4. The van der Waals surface area contributed by atoms with Crippen molar-refractivity contribution in [1.82, 2.24) is 4.98 Å². The maximum absolute atomic E-state index is 5.79. The molecule has 0 amide bonds. The van der Waals surface area contributed by atoms with Gasteiger partial charge in [0.05, 0.1) is 0 Å². The summed E-state index contributed by atoms with van der Waals surface area (Å²) in [4.78, 5) is 7.02. The zero-order valence-electron chi connectivity index (χ0n) is 10.5. The Balaban J connectivity index is 2.11. The Morgan fingerprint density at radius 3 is 2.94 bits per heavy atom. The fourth-order valence-corrected chi connectivity index (χ4v) is 2.76. The molecular formula is C14H21ClN2. The van der Waals surface area contributed by atoms with E-state index in [1.807, 2.05) is 6.20 Å². The maximum atomic E-state index is 5.79. The second kappa shape index (κ2) is 6.25. The molecule has 1 aliphatic heterocycles. The van der Waals surface area contributed by atoms with Gasteiger partial charge in [-0.3, -0.25) is 0 Å². The summed E-state index contributed by atoms with van der Waals surface area (Å²) in [6, 6.07) is 4.89. The molecule has 0 aliphatic carbocycles. The Morgan fingerprint density at radius 1 is 1.41 bits per heavy atom. The quantitative estimate of drug-likeness (QED) is 0.754. The Bertz CT molecular complexity index is 335. The fraction of sp³-hybridized carbons (Fsp3) is 0.643. The van der Waals surface area contributed by atoms with Crippen LogP contribution in [0.2, 0.25) is 0 Å². The standard InChI is InChI=1S/C14H21ClN2/c1-2-5-13-6-3-4-9-17(13)14-8-7-12(10-15)11-16-14/h7-8,11,13H,2-6,9-10H2,1H3. The molecule has 94 valence electrons. The van der Waals surface area contributed by atoms with Crippen molar-refractivity contribution < 1.29 is 0 Å². The molecule has 1 aromatic heterocycles. The van der Waals surface area contributed by atoms with Gasteiger partial charge in [0.1, 0.15) is 5.82 Å². The first-order valence-corrected chi connectivity index (χ1v) is 7.16. The van der Waals surface area contributed by atoms with Gasteiger partial charge in [0, 0.05) is 24.7 Å². The van der Waals surface area contributed by atoms with Crippen LogP contribution in [0.15, 0.2) is 18.3 Å². The topological polar surface area (TPSA) is 16.1 Å². The number of alkyl halides is 1. The molecule has 17 heavy (non-hydrogen) atoms. The van der Waals surface area contributed by atoms with Crippen molar-refractivity contribution in [2.75, 3.05) is 11.4 Å². The summed E-state index contributed by atoms with van der Waals surface area (Å²) >= 11 is 5.79. The summed E-state index contributed by atoms with van der Waals surface area (Å²) in [7, 11) is 0. The first-order chi connectivity index (χ1) is 8.35. The molecule has 1 unspecified atom stereocenters. The maximum Gasteiger partial charge on any atom is 0.128 e. The van der Waals surface area contributed by atoms with Gasteiger partial charge >= 0.3 is 0 Å². The zero-order valence-corrected chi connectivity index (χ0v) is 11.3. The predicted octanol–water partition coefficient (Wildman–Crippen LogP) is 3.98. The number of aromatic nitrogens is 1. The molecule has 1 aromatic rings. The summed E-state index contributed by atoms with van der Waals surface area (Å²) in [6.45, 7) is 3.41. The van der Waals surface area contributed by atoms with E-state index in [1.165, 1.54) is 32.1 Å². The minimum Gasteiger partial charge on any atom is -0.354 e. The summed E-state index contributed by atoms with van der Waals surface area (Å²) in [6.07, 6.45) is 8.40. The molecule has 1 saturated heterocycles. The van der Waals surface area contributed by atoms with Crippen LogP contribution in [0.4, 0.5) is 5.82 Å². The van der Waals surface area contributed by atoms with Gasteiger partial charge in [-0.05, 0) is 37.3 Å². The van der Waals surface area contributed by atoms with Crippen molar-refractivity contribution in [3.8, 4) is 0 Å². The van der Waals surface area contributed by atoms with Crippen LogP contribution < -0.4 is 4.90 Å². The van der Waals surface area contributed by atoms with Crippen molar-refractivity contribution >= 4 is 17.4 Å². The van der Waals surface area contributed by atoms with Crippen LogP contribution >= 0.6 is 11.6 Å². The largest absolute Gasteiger partial charge is 0.354 e. The van der Waals surface area contributed by atoms with E-state index in [0.717, 1.165) is 17.9 Å². The SMILES string of the molecule is CCCC1CCCCN1c1ccc(CCl)cn1. The number of hydrogen-bond donors (Lipinski definition) is 0. The van der Waals surface area contributed by atoms with E-state index in [2.05, 4.69) is 28.9 Å². The molecule has 0 radical (unpaired) electrons. The minimum atomic E-state index is 0.547. The lowest BCUT2D eigenvalue weighted by molar-refractivity contribution is 0.432. The lowest BCUT2D eigenvalue weighted by Crippen LogP contribution is -2.39. The van der Waals surface area contributed by atoms with Crippen LogP contribution in [0.1, 0.15) is 44.6 Å². The normalized spacial score (nSPS) is 20.6. The molecule has 3 heteroatoms. The Hall–Kier alpha value is -0.760. The van der Waals surface area contributed by atoms with Crippen LogP contribution in [0, 0.1) is 0 Å². The van der Waals surface area contributed by atoms with Crippen LogP contribution in [-0.2, 0) is 5.88 Å². The average Bonchev–Trinajstić information content (AvgIpc) is 2.40. The van der Waals surface area contributed by atoms with E-state index in [4.69, 9.17) is 11.6 Å². The second-order valence-corrected chi connectivity index (χ2v) is 5.06. The first-order valence-electron chi connectivity index (χ1n) is 6.62. The predicted molar refractivity (Wildman–Crippen MR) is 73.7 cm³/mol. The molecule has 2 rings (SSSR count). The zero-order chi connectivity index (χ0) is 12.1. The molecule has 0 bridgehead atoms. The Labute approximate surface area is 109 Å². The van der Waals surface area contributed by atoms with Crippen LogP contribution in [-0.4, -0.2) is 17.6 Å². The van der Waals surface area contributed by atoms with Gasteiger partial charge < -0.3 is 4.90 Å². The number of piperidine rings is 1. The highest BCUT2D eigenvalue weighted by atomic mass is 35.5. The number of nitrogens with zero attached hydrogens (tertiary/aromatic N) is 2. The Morgan fingerprint density at radius 2 is 2.29 bits per heavy atom. The lowest BCUT2D eigenvalue weighted by atomic mass is 9.98. The third-order valence-electron chi connectivity index (χ3n) is 3.51. The van der Waals surface area contributed by atoms with Gasteiger partial charge in [-0.25, -0.2) is 4.98 Å². The fourth-order valence-electron chi connectivity index (χ4n) is 2.60. The molecule has 0 N–H and O–H groups in total. The molecule has 2 nitrogen and oxygen atoms in total. The van der Waals surface area contributed by atoms with Crippen molar-refractivity contribution in [3.63, 3.8) is 0 Å². The van der Waals surface area contributed by atoms with Crippen molar-refractivity contribution in [1.29, 1.82) is 0 Å². The Kier molecular flexibility index (Phi) is 4.66. The van der Waals surface area contributed by atoms with Crippen molar-refractivity contribution in [2.24, 2.45) is 0 Å². The van der Waals surface area contributed by atoms with E-state index >= 15 is 0 Å². The smallest absolute Gasteiger partial charge is 0.128 e. The number of pyridine rings is 1. The van der Waals surface area contributed by atoms with Gasteiger partial charge in [-0.15, -0.1) is 11.6 Å². The molecule has 1 fully saturated rings. The van der Waals surface area contributed by atoms with Crippen LogP contribution in [0.3, 0.4) is 0 Å². The molecular weight excluding hydrogens is 232 g/mol. The number of anilines is 1. The second-order valence-electron chi connectivity index (χ2n) is 4.79. The van der Waals surface area contributed by atoms with Gasteiger partial charge in [0.15, 0.2) is 0 Å². The van der Waals surface area contributed by atoms with E-state index in [0.29, 0.717) is 11.9 Å². The molecule has 1 aliphatic rings. The van der Waals surface area contributed by atoms with E-state index in [1.54, 1.807) is 0 Å². The summed E-state index contributed by atoms with van der Waals surface area (Å²) in [5.74, 6) is 1.67. The lowest BCUT2D eigenvalue weighted by Gasteiger charge is -2.36. The van der Waals surface area contributed by atoms with Crippen molar-refractivity contribution in [3.05, 3.63) is 23.9 Å². The third kappa shape index (κ3) is 3.12. The van der Waals surface area contributed by atoms with Gasteiger partial charge in [0.2, 0.25) is 0 Å². The number of halogens is 1. The summed E-state index contributed by atoms with van der Waals surface area (Å²) in [5, 5.41) is 0. The summed E-state index contributed by atoms with van der Waals surface area (Å²) in [5.41, 5.74) is 1.10. The molecule has 0 aromatic carbocycles. The average molecular weight is 253 g/mol. The van der Waals surface area contributed by atoms with Gasteiger partial charge in [-0.2, -0.15) is 0 Å². The van der Waals surface area contributed by atoms with Crippen molar-refractivity contribution in [2.45, 2.75) is 50.9 Å². The highest BCUT2D eigenvalue weighted by Gasteiger charge is 2.22. The first kappa shape index (κ1) is 12.7. The minimum absolute atomic E-state index is 0.547. The van der Waals surface area contributed by atoms with E-state index in [-0.39, 0.29) is 0 Å². The van der Waals surface area contributed by atoms with Gasteiger partial charge in [-0.1, -0.05) is 19.4 Å².